The molecule has 0 spiro atoms. The molecule has 1 fully saturated rings. The normalized spacial score (nSPS) is 14.3. The molecule has 0 aliphatic carbocycles. The molecule has 1 aliphatic rings. The van der Waals surface area contributed by atoms with Crippen LogP contribution in [0.3, 0.4) is 0 Å². The molecular weight excluding hydrogens is 414 g/mol. The van der Waals surface area contributed by atoms with Crippen molar-refractivity contribution in [3.63, 3.8) is 0 Å². The van der Waals surface area contributed by atoms with Gasteiger partial charge in [-0.2, -0.15) is 0 Å². The molecule has 4 rings (SSSR count). The number of carbonyl (C=O) groups is 1. The molecule has 9 heteroatoms. The van der Waals surface area contributed by atoms with Gasteiger partial charge in [-0.3, -0.25) is 9.69 Å². The summed E-state index contributed by atoms with van der Waals surface area (Å²) < 4.78 is 10.6. The number of nitrogens with one attached hydrogen (secondary N) is 1. The maximum absolute atomic E-state index is 12.5. The lowest BCUT2D eigenvalue weighted by molar-refractivity contribution is 0.102. The Morgan fingerprint density at radius 3 is 2.45 bits per heavy atom. The van der Waals surface area contributed by atoms with Crippen molar-refractivity contribution in [2.75, 3.05) is 50.6 Å². The number of rotatable bonds is 7. The summed E-state index contributed by atoms with van der Waals surface area (Å²) >= 11 is 1.33. The van der Waals surface area contributed by atoms with Crippen molar-refractivity contribution in [2.24, 2.45) is 0 Å². The summed E-state index contributed by atoms with van der Waals surface area (Å²) in [7, 11) is 3.31. The second-order valence-corrected chi connectivity index (χ2v) is 8.18. The Kier molecular flexibility index (Phi) is 6.63. The number of amides is 1. The van der Waals surface area contributed by atoms with Crippen LogP contribution in [0.25, 0.3) is 0 Å². The van der Waals surface area contributed by atoms with E-state index in [4.69, 9.17) is 9.47 Å². The van der Waals surface area contributed by atoms with E-state index in [-0.39, 0.29) is 5.91 Å². The van der Waals surface area contributed by atoms with Crippen molar-refractivity contribution < 1.29 is 14.3 Å². The van der Waals surface area contributed by atoms with Crippen molar-refractivity contribution in [3.8, 4) is 11.5 Å². The predicted molar refractivity (Wildman–Crippen MR) is 121 cm³/mol. The van der Waals surface area contributed by atoms with E-state index in [2.05, 4.69) is 31.4 Å². The van der Waals surface area contributed by atoms with E-state index in [0.717, 1.165) is 48.4 Å². The first kappa shape index (κ1) is 21.1. The predicted octanol–water partition coefficient (Wildman–Crippen LogP) is 3.13. The fourth-order valence-electron chi connectivity index (χ4n) is 3.50. The third kappa shape index (κ3) is 5.12. The minimum Gasteiger partial charge on any atom is -0.497 e. The van der Waals surface area contributed by atoms with Crippen LogP contribution in [0.2, 0.25) is 0 Å². The molecule has 3 aromatic rings. The largest absolute Gasteiger partial charge is 0.497 e. The average Bonchev–Trinajstić information content (AvgIpc) is 3.29. The van der Waals surface area contributed by atoms with E-state index in [9.17, 15) is 4.79 Å². The number of aromatic nitrogens is 2. The number of para-hydroxylation sites is 2. The first-order chi connectivity index (χ1) is 15.2. The molecule has 1 N–H and O–H groups in total. The van der Waals surface area contributed by atoms with Gasteiger partial charge >= 0.3 is 0 Å². The number of methoxy groups -OCH3 is 2. The van der Waals surface area contributed by atoms with Crippen molar-refractivity contribution in [2.45, 2.75) is 6.54 Å². The minimum absolute atomic E-state index is 0.255. The highest BCUT2D eigenvalue weighted by Crippen LogP contribution is 2.28. The van der Waals surface area contributed by atoms with Crippen molar-refractivity contribution in [3.05, 3.63) is 58.5 Å². The summed E-state index contributed by atoms with van der Waals surface area (Å²) in [5.41, 5.74) is 1.81. The lowest BCUT2D eigenvalue weighted by Gasteiger charge is -2.36. The highest BCUT2D eigenvalue weighted by atomic mass is 32.1. The average molecular weight is 440 g/mol. The molecule has 31 heavy (non-hydrogen) atoms. The summed E-state index contributed by atoms with van der Waals surface area (Å²) in [5.74, 6) is 1.38. The molecular formula is C22H25N5O3S. The Morgan fingerprint density at radius 2 is 1.74 bits per heavy atom. The SMILES string of the molecule is COc1ccc(NC(=O)c2nnc(CN3CCN(c4ccccc4OC)CC3)s2)cc1. The molecule has 0 unspecified atom stereocenters. The third-order valence-electron chi connectivity index (χ3n) is 5.17. The van der Waals surface area contributed by atoms with Gasteiger partial charge in [0.2, 0.25) is 5.01 Å². The van der Waals surface area contributed by atoms with Gasteiger partial charge in [-0.05, 0) is 36.4 Å². The van der Waals surface area contributed by atoms with Crippen LogP contribution < -0.4 is 19.7 Å². The van der Waals surface area contributed by atoms with E-state index in [0.29, 0.717) is 17.2 Å². The summed E-state index contributed by atoms with van der Waals surface area (Å²) in [4.78, 5) is 17.1. The molecule has 2 aromatic carbocycles. The van der Waals surface area contributed by atoms with Gasteiger partial charge in [0.05, 0.1) is 26.5 Å². The molecule has 0 saturated carbocycles. The molecule has 162 valence electrons. The van der Waals surface area contributed by atoms with Gasteiger partial charge in [-0.1, -0.05) is 23.5 Å². The lowest BCUT2D eigenvalue weighted by atomic mass is 10.2. The van der Waals surface area contributed by atoms with Gasteiger partial charge in [0.15, 0.2) is 0 Å². The third-order valence-corrected chi connectivity index (χ3v) is 6.07. The Labute approximate surface area is 185 Å². The van der Waals surface area contributed by atoms with Gasteiger partial charge in [-0.25, -0.2) is 0 Å². The molecule has 1 aliphatic heterocycles. The smallest absolute Gasteiger partial charge is 0.286 e. The first-order valence-corrected chi connectivity index (χ1v) is 10.9. The number of ether oxygens (including phenoxy) is 2. The Balaban J connectivity index is 1.30. The van der Waals surface area contributed by atoms with Crippen LogP contribution in [-0.2, 0) is 6.54 Å². The second kappa shape index (κ2) is 9.76. The summed E-state index contributed by atoms with van der Waals surface area (Å²) in [5, 5.41) is 12.3. The molecule has 1 amide bonds. The quantitative estimate of drug-likeness (QED) is 0.606. The summed E-state index contributed by atoms with van der Waals surface area (Å²) in [6, 6.07) is 15.3. The van der Waals surface area contributed by atoms with E-state index in [1.54, 1.807) is 38.5 Å². The molecule has 8 nitrogen and oxygen atoms in total. The number of benzene rings is 2. The van der Waals surface area contributed by atoms with Crippen LogP contribution in [0, 0.1) is 0 Å². The van der Waals surface area contributed by atoms with Gasteiger partial charge in [-0.15, -0.1) is 10.2 Å². The maximum Gasteiger partial charge on any atom is 0.286 e. The van der Waals surface area contributed by atoms with Gasteiger partial charge < -0.3 is 19.7 Å². The van der Waals surface area contributed by atoms with E-state index >= 15 is 0 Å². The zero-order valence-corrected chi connectivity index (χ0v) is 18.4. The minimum atomic E-state index is -0.255. The number of piperazine rings is 1. The summed E-state index contributed by atoms with van der Waals surface area (Å²) in [6.07, 6.45) is 0. The monoisotopic (exact) mass is 439 g/mol. The van der Waals surface area contributed by atoms with E-state index in [1.165, 1.54) is 11.3 Å². The molecule has 0 atom stereocenters. The molecule has 1 saturated heterocycles. The van der Waals surface area contributed by atoms with Crippen molar-refractivity contribution >= 4 is 28.6 Å². The maximum atomic E-state index is 12.5. The van der Waals surface area contributed by atoms with Crippen molar-refractivity contribution in [1.29, 1.82) is 0 Å². The zero-order chi connectivity index (χ0) is 21.6. The highest BCUT2D eigenvalue weighted by molar-refractivity contribution is 7.13. The molecule has 1 aromatic heterocycles. The van der Waals surface area contributed by atoms with Crippen molar-refractivity contribution in [1.82, 2.24) is 15.1 Å². The highest BCUT2D eigenvalue weighted by Gasteiger charge is 2.21. The zero-order valence-electron chi connectivity index (χ0n) is 17.6. The van der Waals surface area contributed by atoms with Crippen LogP contribution in [0.4, 0.5) is 11.4 Å². The fourth-order valence-corrected chi connectivity index (χ4v) is 4.27. The topological polar surface area (TPSA) is 79.8 Å². The number of anilines is 2. The van der Waals surface area contributed by atoms with Gasteiger partial charge in [0.1, 0.15) is 16.5 Å². The second-order valence-electron chi connectivity index (χ2n) is 7.12. The van der Waals surface area contributed by atoms with Crippen LogP contribution in [0.1, 0.15) is 14.8 Å². The molecule has 0 bridgehead atoms. The lowest BCUT2D eigenvalue weighted by Crippen LogP contribution is -2.46. The molecule has 2 heterocycles. The Hall–Kier alpha value is -3.17. The Bertz CT molecular complexity index is 1020. The number of nitrogens with zero attached hydrogens (tertiary/aromatic N) is 4. The van der Waals surface area contributed by atoms with Crippen LogP contribution >= 0.6 is 11.3 Å². The number of hydrogen-bond donors (Lipinski definition) is 1. The van der Waals surface area contributed by atoms with E-state index in [1.807, 2.05) is 18.2 Å². The molecule has 0 radical (unpaired) electrons. The van der Waals surface area contributed by atoms with Crippen LogP contribution in [0.15, 0.2) is 48.5 Å². The van der Waals surface area contributed by atoms with Crippen LogP contribution in [0.5, 0.6) is 11.5 Å². The standard InChI is InChI=1S/C22H25N5O3S/c1-29-17-9-7-16(8-10-17)23-21(28)22-25-24-20(31-22)15-26-11-13-27(14-12-26)18-5-3-4-6-19(18)30-2/h3-10H,11-15H2,1-2H3,(H,23,28). The van der Waals surface area contributed by atoms with Gasteiger partial charge in [0.25, 0.3) is 5.91 Å². The van der Waals surface area contributed by atoms with Gasteiger partial charge in [0, 0.05) is 31.9 Å². The summed E-state index contributed by atoms with van der Waals surface area (Å²) in [6.45, 7) is 4.32. The first-order valence-electron chi connectivity index (χ1n) is 10.0. The Morgan fingerprint density at radius 1 is 1.00 bits per heavy atom. The van der Waals surface area contributed by atoms with E-state index < -0.39 is 0 Å². The fraction of sp³-hybridized carbons (Fsp3) is 0.318. The number of hydrogen-bond acceptors (Lipinski definition) is 8. The van der Waals surface area contributed by atoms with Crippen LogP contribution in [-0.4, -0.2) is 61.4 Å². The number of carbonyl (C=O) groups excluding carboxylic acids is 1.